The minimum atomic E-state index is 0. The van der Waals surface area contributed by atoms with E-state index in [-0.39, 0.29) is 52.1 Å². The van der Waals surface area contributed by atoms with Gasteiger partial charge in [-0.15, -0.1) is 0 Å². The van der Waals surface area contributed by atoms with Gasteiger partial charge < -0.3 is 29.7 Å². The molecule has 76 valence electrons. The Morgan fingerprint density at radius 2 is 1.15 bits per heavy atom. The van der Waals surface area contributed by atoms with E-state index in [0.717, 1.165) is 0 Å². The van der Waals surface area contributed by atoms with Crippen molar-refractivity contribution in [2.24, 2.45) is 0 Å². The van der Waals surface area contributed by atoms with Gasteiger partial charge in [0.15, 0.2) is 0 Å². The second-order valence-electron chi connectivity index (χ2n) is 2.37. The predicted molar refractivity (Wildman–Crippen MR) is 61.8 cm³/mol. The second kappa shape index (κ2) is 14.6. The zero-order valence-corrected chi connectivity index (χ0v) is 13.0. The van der Waals surface area contributed by atoms with Crippen molar-refractivity contribution in [2.75, 3.05) is 0 Å². The fraction of sp³-hybridized carbons (Fsp3) is 0.250. The van der Waals surface area contributed by atoms with Crippen molar-refractivity contribution in [1.29, 1.82) is 0 Å². The van der Waals surface area contributed by atoms with Crippen LogP contribution in [-0.4, -0.2) is 0 Å². The van der Waals surface area contributed by atoms with E-state index in [1.807, 2.05) is 0 Å². The van der Waals surface area contributed by atoms with Gasteiger partial charge in [0.25, 0.3) is 0 Å². The van der Waals surface area contributed by atoms with Crippen LogP contribution in [0, 0.1) is 29.7 Å². The van der Waals surface area contributed by atoms with Crippen molar-refractivity contribution in [3.05, 3.63) is 59.5 Å². The van der Waals surface area contributed by atoms with Crippen molar-refractivity contribution in [2.45, 2.75) is 19.8 Å². The Morgan fingerprint density at radius 1 is 0.846 bits per heavy atom. The van der Waals surface area contributed by atoms with Gasteiger partial charge in [-0.05, 0) is 0 Å². The summed E-state index contributed by atoms with van der Waals surface area (Å²) in [5.74, 6) is 0.685. The first kappa shape index (κ1) is 29.2. The van der Waals surface area contributed by atoms with Crippen LogP contribution in [0.15, 0.2) is 24.3 Å². The van der Waals surface area contributed by atoms with Gasteiger partial charge in [0, 0.05) is 0 Å². The molecule has 0 heterocycles. The van der Waals surface area contributed by atoms with E-state index in [1.54, 1.807) is 0 Å². The first-order valence-corrected chi connectivity index (χ1v) is 3.02. The van der Waals surface area contributed by atoms with Crippen LogP contribution in [0.25, 0.3) is 0 Å². The maximum atomic E-state index is 2.20. The molecule has 0 aliphatic rings. The third-order valence-corrected chi connectivity index (χ3v) is 1.36. The van der Waals surface area contributed by atoms with Crippen molar-refractivity contribution >= 4 is 0 Å². The molecule has 0 fully saturated rings. The molecule has 0 aromatic heterocycles. The molecule has 0 radical (unpaired) electrons. The smallest absolute Gasteiger partial charge is 0.358 e. The molecule has 0 amide bonds. The topological polar surface area (TPSA) is 0 Å². The normalized spacial score (nSPS) is 6.38. The summed E-state index contributed by atoms with van der Waals surface area (Å²) >= 11 is 0. The van der Waals surface area contributed by atoms with Gasteiger partial charge in [0.2, 0.25) is 0 Å². The molecule has 1 heteroatoms. The SMILES string of the molecule is CC(C)[c-]1cccc1.[CH3-].[CH3-].[CH3-].[CH3-].[Ta+5]. The Hall–Kier alpha value is 0.0903. The van der Waals surface area contributed by atoms with Gasteiger partial charge in [-0.1, -0.05) is 19.8 Å². The van der Waals surface area contributed by atoms with E-state index in [9.17, 15) is 0 Å². The fourth-order valence-electron chi connectivity index (χ4n) is 0.774. The van der Waals surface area contributed by atoms with E-state index in [4.69, 9.17) is 0 Å². The van der Waals surface area contributed by atoms with Gasteiger partial charge in [-0.3, -0.25) is 0 Å². The summed E-state index contributed by atoms with van der Waals surface area (Å²) in [6, 6.07) is 8.47. The van der Waals surface area contributed by atoms with Crippen molar-refractivity contribution in [3.63, 3.8) is 0 Å². The molecule has 0 saturated heterocycles. The quantitative estimate of drug-likeness (QED) is 0.663. The second-order valence-corrected chi connectivity index (χ2v) is 2.37. The summed E-state index contributed by atoms with van der Waals surface area (Å²) in [6.45, 7) is 4.41. The molecule has 0 unspecified atom stereocenters. The standard InChI is InChI=1S/C8H11.4CH3.Ta/c1-7(2)8-5-3-4-6-8;;;;;/h3-7H,1-2H3;4*1H3;/q5*-1;+5. The summed E-state index contributed by atoms with van der Waals surface area (Å²) < 4.78 is 0. The molecule has 1 aromatic carbocycles. The van der Waals surface area contributed by atoms with Gasteiger partial charge in [0.1, 0.15) is 0 Å². The van der Waals surface area contributed by atoms with E-state index in [2.05, 4.69) is 38.1 Å². The molecule has 1 rings (SSSR count). The van der Waals surface area contributed by atoms with E-state index in [1.165, 1.54) is 5.56 Å². The average molecular weight is 348 g/mol. The molecule has 13 heavy (non-hydrogen) atoms. The van der Waals surface area contributed by atoms with Crippen LogP contribution in [0.3, 0.4) is 0 Å². The Labute approximate surface area is 102 Å². The van der Waals surface area contributed by atoms with E-state index in [0.29, 0.717) is 5.92 Å². The molecular weight excluding hydrogens is 325 g/mol. The van der Waals surface area contributed by atoms with Gasteiger partial charge in [-0.2, -0.15) is 17.7 Å². The molecular formula is C12H23Ta. The summed E-state index contributed by atoms with van der Waals surface area (Å²) in [5.41, 5.74) is 1.44. The number of hydrogen-bond acceptors (Lipinski definition) is 0. The molecule has 0 atom stereocenters. The maximum absolute atomic E-state index is 2.20. The zero-order chi connectivity index (χ0) is 5.98. The van der Waals surface area contributed by atoms with Gasteiger partial charge in [-0.25, -0.2) is 12.1 Å². The van der Waals surface area contributed by atoms with Crippen molar-refractivity contribution in [3.8, 4) is 0 Å². The van der Waals surface area contributed by atoms with Gasteiger partial charge >= 0.3 is 22.4 Å². The van der Waals surface area contributed by atoms with Crippen LogP contribution in [0.5, 0.6) is 0 Å². The molecule has 0 N–H and O–H groups in total. The van der Waals surface area contributed by atoms with Gasteiger partial charge in [0.05, 0.1) is 0 Å². The fourth-order valence-corrected chi connectivity index (χ4v) is 0.774. The Bertz CT molecular complexity index is 140. The maximum Gasteiger partial charge on any atom is 5.00 e. The number of rotatable bonds is 1. The first-order chi connectivity index (χ1) is 3.80. The third-order valence-electron chi connectivity index (χ3n) is 1.36. The van der Waals surface area contributed by atoms with Crippen LogP contribution in [0.4, 0.5) is 0 Å². The molecule has 0 aliphatic carbocycles. The van der Waals surface area contributed by atoms with Crippen LogP contribution in [0.2, 0.25) is 0 Å². The summed E-state index contributed by atoms with van der Waals surface area (Å²) in [6.07, 6.45) is 0. The van der Waals surface area contributed by atoms with Crippen LogP contribution in [0.1, 0.15) is 25.3 Å². The average Bonchev–Trinajstić information content (AvgIpc) is 2.12. The van der Waals surface area contributed by atoms with Crippen molar-refractivity contribution < 1.29 is 22.4 Å². The molecule has 0 aliphatic heterocycles. The minimum Gasteiger partial charge on any atom is -0.358 e. The van der Waals surface area contributed by atoms with Crippen LogP contribution >= 0.6 is 0 Å². The number of hydrogen-bond donors (Lipinski definition) is 0. The molecule has 0 nitrogen and oxygen atoms in total. The van der Waals surface area contributed by atoms with Crippen LogP contribution in [-0.2, 0) is 22.4 Å². The molecule has 0 spiro atoms. The van der Waals surface area contributed by atoms with Crippen molar-refractivity contribution in [1.82, 2.24) is 0 Å². The molecule has 0 saturated carbocycles. The molecule has 1 aromatic rings. The van der Waals surface area contributed by atoms with E-state index >= 15 is 0 Å². The van der Waals surface area contributed by atoms with Crippen LogP contribution < -0.4 is 0 Å². The largest absolute Gasteiger partial charge is 5.00 e. The zero-order valence-electron chi connectivity index (χ0n) is 9.83. The third kappa shape index (κ3) is 10.0. The summed E-state index contributed by atoms with van der Waals surface area (Å²) in [4.78, 5) is 0. The monoisotopic (exact) mass is 348 g/mol. The summed E-state index contributed by atoms with van der Waals surface area (Å²) in [5, 5.41) is 0. The first-order valence-electron chi connectivity index (χ1n) is 3.02. The molecule has 0 bridgehead atoms. The summed E-state index contributed by atoms with van der Waals surface area (Å²) in [7, 11) is 0. The Morgan fingerprint density at radius 3 is 1.31 bits per heavy atom. The minimum absolute atomic E-state index is 0. The van der Waals surface area contributed by atoms with E-state index < -0.39 is 0 Å². The predicted octanol–water partition coefficient (Wildman–Crippen LogP) is 4.33. The Kier molecular flexibility index (Phi) is 32.8. The Balaban J connectivity index is -0.0000000427.